The predicted molar refractivity (Wildman–Crippen MR) is 71.9 cm³/mol. The lowest BCUT2D eigenvalue weighted by atomic mass is 10.3. The van der Waals surface area contributed by atoms with Crippen LogP contribution in [-0.2, 0) is 15.5 Å². The second-order valence-electron chi connectivity index (χ2n) is 3.61. The summed E-state index contributed by atoms with van der Waals surface area (Å²) in [6, 6.07) is 0. The van der Waals surface area contributed by atoms with Gasteiger partial charge in [0.2, 0.25) is 7.37 Å². The van der Waals surface area contributed by atoms with E-state index in [1.165, 1.54) is 11.3 Å². The summed E-state index contributed by atoms with van der Waals surface area (Å²) in [5.74, 6) is 0. The molecule has 1 unspecified atom stereocenters. The van der Waals surface area contributed by atoms with Crippen molar-refractivity contribution >= 4 is 29.3 Å². The molecule has 0 amide bonds. The molecule has 0 aliphatic carbocycles. The second kappa shape index (κ2) is 6.50. The lowest BCUT2D eigenvalue weighted by molar-refractivity contribution is 0.289. The maximum Gasteiger partial charge on any atom is 0.248 e. The van der Waals surface area contributed by atoms with E-state index in [1.807, 2.05) is 6.92 Å². The highest BCUT2D eigenvalue weighted by molar-refractivity contribution is 7.66. The van der Waals surface area contributed by atoms with Gasteiger partial charge in [-0.3, -0.25) is 4.57 Å². The number of hydrogen-bond acceptors (Lipinski definition) is 6. The van der Waals surface area contributed by atoms with Crippen molar-refractivity contribution in [3.05, 3.63) is 4.88 Å². The van der Waals surface area contributed by atoms with E-state index in [2.05, 4.69) is 10.3 Å². The van der Waals surface area contributed by atoms with Gasteiger partial charge < -0.3 is 14.9 Å². The molecular formula is C10H19N2O3PS. The molecule has 0 aliphatic heterocycles. The summed E-state index contributed by atoms with van der Waals surface area (Å²) in [6.07, 6.45) is 1.32. The highest BCUT2D eigenvalue weighted by atomic mass is 32.1. The number of nitrogens with zero attached hydrogens (tertiary/aromatic N) is 1. The van der Waals surface area contributed by atoms with E-state index in [0.29, 0.717) is 24.9 Å². The minimum atomic E-state index is -2.84. The van der Waals surface area contributed by atoms with Crippen LogP contribution in [0.4, 0.5) is 5.13 Å². The van der Waals surface area contributed by atoms with Gasteiger partial charge in [0, 0.05) is 25.2 Å². The van der Waals surface area contributed by atoms with Crippen LogP contribution in [0.15, 0.2) is 0 Å². The Morgan fingerprint density at radius 1 is 1.59 bits per heavy atom. The van der Waals surface area contributed by atoms with E-state index in [-0.39, 0.29) is 6.61 Å². The zero-order valence-corrected chi connectivity index (χ0v) is 12.1. The molecule has 0 saturated carbocycles. The van der Waals surface area contributed by atoms with Crippen LogP contribution in [0, 0.1) is 0 Å². The number of thiazole rings is 1. The van der Waals surface area contributed by atoms with E-state index in [1.54, 1.807) is 13.7 Å². The first-order chi connectivity index (χ1) is 8.05. The lowest BCUT2D eigenvalue weighted by Crippen LogP contribution is -2.13. The van der Waals surface area contributed by atoms with Crippen LogP contribution < -0.4 is 10.8 Å². The van der Waals surface area contributed by atoms with Gasteiger partial charge in [-0.05, 0) is 19.8 Å². The first-order valence-corrected chi connectivity index (χ1v) is 8.45. The molecule has 0 fully saturated rings. The van der Waals surface area contributed by atoms with E-state index in [0.717, 1.165) is 10.0 Å². The van der Waals surface area contributed by atoms with Gasteiger partial charge in [0.25, 0.3) is 0 Å². The van der Waals surface area contributed by atoms with Crippen molar-refractivity contribution in [2.45, 2.75) is 19.8 Å². The number of nitrogens with one attached hydrogen (secondary N) is 1. The number of rotatable bonds is 7. The second-order valence-corrected chi connectivity index (χ2v) is 7.06. The summed E-state index contributed by atoms with van der Waals surface area (Å²) < 4.78 is 17.7. The molecule has 98 valence electrons. The number of aryl methyl sites for hydroxylation is 1. The highest BCUT2D eigenvalue weighted by Gasteiger charge is 2.26. The summed E-state index contributed by atoms with van der Waals surface area (Å²) >= 11 is 1.47. The Balaban J connectivity index is 3.02. The third kappa shape index (κ3) is 3.78. The summed E-state index contributed by atoms with van der Waals surface area (Å²) in [6.45, 7) is 3.93. The van der Waals surface area contributed by atoms with Crippen LogP contribution in [-0.4, -0.2) is 37.0 Å². The minimum Gasteiger partial charge on any atom is -0.396 e. The number of aliphatic hydroxyl groups is 1. The highest BCUT2D eigenvalue weighted by Crippen LogP contribution is 2.43. The zero-order valence-electron chi connectivity index (χ0n) is 10.4. The number of aromatic nitrogens is 1. The van der Waals surface area contributed by atoms with Crippen molar-refractivity contribution in [3.63, 3.8) is 0 Å². The Kier molecular flexibility index (Phi) is 5.59. The molecule has 0 aromatic carbocycles. The molecule has 0 radical (unpaired) electrons. The Labute approximate surface area is 106 Å². The summed E-state index contributed by atoms with van der Waals surface area (Å²) in [5.41, 5.74) is 0.544. The van der Waals surface area contributed by atoms with Crippen LogP contribution in [0.1, 0.15) is 18.2 Å². The van der Waals surface area contributed by atoms with E-state index < -0.39 is 7.37 Å². The van der Waals surface area contributed by atoms with Crippen LogP contribution in [0.5, 0.6) is 0 Å². The third-order valence-electron chi connectivity index (χ3n) is 2.21. The van der Waals surface area contributed by atoms with Crippen LogP contribution in [0.25, 0.3) is 0 Å². The fourth-order valence-corrected chi connectivity index (χ4v) is 4.50. The lowest BCUT2D eigenvalue weighted by Gasteiger charge is -2.11. The summed E-state index contributed by atoms with van der Waals surface area (Å²) in [7, 11) is -1.06. The van der Waals surface area contributed by atoms with Crippen molar-refractivity contribution in [1.29, 1.82) is 0 Å². The van der Waals surface area contributed by atoms with Crippen molar-refractivity contribution in [2.75, 3.05) is 32.2 Å². The van der Waals surface area contributed by atoms with Gasteiger partial charge in [-0.2, -0.15) is 0 Å². The van der Waals surface area contributed by atoms with Gasteiger partial charge in [0.05, 0.1) is 6.61 Å². The van der Waals surface area contributed by atoms with Crippen LogP contribution >= 0.6 is 18.7 Å². The number of hydrogen-bond donors (Lipinski definition) is 2. The van der Waals surface area contributed by atoms with Gasteiger partial charge in [0.1, 0.15) is 5.44 Å². The Morgan fingerprint density at radius 2 is 2.29 bits per heavy atom. The van der Waals surface area contributed by atoms with Crippen molar-refractivity contribution in [3.8, 4) is 0 Å². The van der Waals surface area contributed by atoms with Crippen molar-refractivity contribution in [1.82, 2.24) is 4.98 Å². The molecule has 1 aromatic rings. The van der Waals surface area contributed by atoms with E-state index >= 15 is 0 Å². The van der Waals surface area contributed by atoms with E-state index in [9.17, 15) is 4.57 Å². The molecule has 1 aromatic heterocycles. The molecule has 0 bridgehead atoms. The molecule has 1 heterocycles. The van der Waals surface area contributed by atoms with Crippen LogP contribution in [0.2, 0.25) is 0 Å². The van der Waals surface area contributed by atoms with Gasteiger partial charge in [-0.15, -0.1) is 11.3 Å². The molecule has 1 rings (SSSR count). The topological polar surface area (TPSA) is 71.5 Å². The minimum absolute atomic E-state index is 0.120. The SMILES string of the molecule is CCOP(C)(=O)c1nc(NC)sc1CCCO. The van der Waals surface area contributed by atoms with Gasteiger partial charge >= 0.3 is 0 Å². The molecule has 1 atom stereocenters. The molecule has 7 heteroatoms. The molecule has 2 N–H and O–H groups in total. The Hall–Kier alpha value is -0.420. The maximum absolute atomic E-state index is 12.4. The first-order valence-electron chi connectivity index (χ1n) is 5.56. The smallest absolute Gasteiger partial charge is 0.248 e. The van der Waals surface area contributed by atoms with Gasteiger partial charge in [-0.1, -0.05) is 0 Å². The summed E-state index contributed by atoms with van der Waals surface area (Å²) in [4.78, 5) is 5.24. The fraction of sp³-hybridized carbons (Fsp3) is 0.700. The molecule has 0 aliphatic rings. The molecule has 0 spiro atoms. The quantitative estimate of drug-likeness (QED) is 0.742. The van der Waals surface area contributed by atoms with Crippen molar-refractivity contribution in [2.24, 2.45) is 0 Å². The average Bonchev–Trinajstić information content (AvgIpc) is 2.70. The zero-order chi connectivity index (χ0) is 12.9. The normalized spacial score (nSPS) is 14.6. The Bertz CT molecular complexity index is 408. The first kappa shape index (κ1) is 14.6. The molecule has 0 saturated heterocycles. The molecular weight excluding hydrogens is 259 g/mol. The van der Waals surface area contributed by atoms with Gasteiger partial charge in [-0.25, -0.2) is 4.98 Å². The van der Waals surface area contributed by atoms with E-state index in [4.69, 9.17) is 9.63 Å². The fourth-order valence-electron chi connectivity index (χ4n) is 1.48. The third-order valence-corrected chi connectivity index (χ3v) is 5.39. The monoisotopic (exact) mass is 278 g/mol. The largest absolute Gasteiger partial charge is 0.396 e. The van der Waals surface area contributed by atoms with Crippen LogP contribution in [0.3, 0.4) is 0 Å². The molecule has 5 nitrogen and oxygen atoms in total. The summed E-state index contributed by atoms with van der Waals surface area (Å²) in [5, 5.41) is 12.5. The average molecular weight is 278 g/mol. The molecule has 17 heavy (non-hydrogen) atoms. The predicted octanol–water partition coefficient (Wildman–Crippen LogP) is 1.68. The Morgan fingerprint density at radius 3 is 2.82 bits per heavy atom. The number of aliphatic hydroxyl groups excluding tert-OH is 1. The maximum atomic E-state index is 12.4. The van der Waals surface area contributed by atoms with Crippen molar-refractivity contribution < 1.29 is 14.2 Å². The number of anilines is 1. The standard InChI is InChI=1S/C10H19N2O3PS/c1-4-15-16(3,14)9-8(6-5-7-13)17-10(11-2)12-9/h13H,4-7H2,1-3H3,(H,11,12). The van der Waals surface area contributed by atoms with Gasteiger partial charge in [0.15, 0.2) is 5.13 Å².